The van der Waals surface area contributed by atoms with Crippen molar-refractivity contribution < 1.29 is 9.26 Å². The van der Waals surface area contributed by atoms with Crippen molar-refractivity contribution in [2.45, 2.75) is 33.4 Å². The molecule has 1 unspecified atom stereocenters. The quantitative estimate of drug-likeness (QED) is 0.847. The van der Waals surface area contributed by atoms with Gasteiger partial charge in [0.25, 0.3) is 0 Å². The van der Waals surface area contributed by atoms with Gasteiger partial charge in [-0.15, -0.1) is 0 Å². The first kappa shape index (κ1) is 14.2. The van der Waals surface area contributed by atoms with Crippen LogP contribution in [0, 0.1) is 20.8 Å². The van der Waals surface area contributed by atoms with Gasteiger partial charge in [-0.1, -0.05) is 5.16 Å². The molecule has 7 heteroatoms. The average Bonchev–Trinajstić information content (AvgIpc) is 2.96. The highest BCUT2D eigenvalue weighted by Crippen LogP contribution is 2.28. The lowest BCUT2D eigenvalue weighted by Crippen LogP contribution is -2.37. The third kappa shape index (κ3) is 2.71. The molecule has 1 saturated heterocycles. The predicted octanol–water partition coefficient (Wildman–Crippen LogP) is 1.24. The van der Waals surface area contributed by atoms with E-state index in [9.17, 15) is 0 Å². The fourth-order valence-corrected chi connectivity index (χ4v) is 2.87. The first-order valence-corrected chi connectivity index (χ1v) is 7.17. The molecular weight excluding hydrogens is 270 g/mol. The molecule has 2 aromatic rings. The third-order valence-electron chi connectivity index (χ3n) is 4.02. The maximum Gasteiger partial charge on any atom is 0.248 e. The summed E-state index contributed by atoms with van der Waals surface area (Å²) in [6.07, 6.45) is 0. The van der Waals surface area contributed by atoms with Gasteiger partial charge < -0.3 is 9.26 Å². The lowest BCUT2D eigenvalue weighted by molar-refractivity contribution is 0.00457. The van der Waals surface area contributed by atoms with Crippen molar-refractivity contribution in [3.8, 4) is 0 Å². The van der Waals surface area contributed by atoms with Crippen LogP contribution in [0.3, 0.4) is 0 Å². The fourth-order valence-electron chi connectivity index (χ4n) is 2.87. The molecule has 0 saturated carbocycles. The first-order chi connectivity index (χ1) is 10.1. The highest BCUT2D eigenvalue weighted by atomic mass is 16.5. The van der Waals surface area contributed by atoms with Gasteiger partial charge in [0.15, 0.2) is 5.82 Å². The monoisotopic (exact) mass is 291 g/mol. The zero-order chi connectivity index (χ0) is 15.0. The Morgan fingerprint density at radius 1 is 1.29 bits per heavy atom. The molecule has 3 heterocycles. The van der Waals surface area contributed by atoms with E-state index >= 15 is 0 Å². The zero-order valence-electron chi connectivity index (χ0n) is 13.0. The van der Waals surface area contributed by atoms with Crippen LogP contribution < -0.4 is 0 Å². The predicted molar refractivity (Wildman–Crippen MR) is 76.0 cm³/mol. The van der Waals surface area contributed by atoms with Gasteiger partial charge in [0, 0.05) is 17.8 Å². The second-order valence-corrected chi connectivity index (χ2v) is 5.55. The Labute approximate surface area is 123 Å². The van der Waals surface area contributed by atoms with Crippen LogP contribution in [-0.2, 0) is 11.3 Å². The molecule has 0 radical (unpaired) electrons. The van der Waals surface area contributed by atoms with Gasteiger partial charge in [0.05, 0.1) is 24.9 Å². The van der Waals surface area contributed by atoms with Gasteiger partial charge >= 0.3 is 0 Å². The minimum absolute atomic E-state index is 0.261. The average molecular weight is 291 g/mol. The molecule has 21 heavy (non-hydrogen) atoms. The van der Waals surface area contributed by atoms with Gasteiger partial charge in [0.2, 0.25) is 5.89 Å². The largest absolute Gasteiger partial charge is 0.378 e. The molecule has 1 aliphatic rings. The summed E-state index contributed by atoms with van der Waals surface area (Å²) in [5.74, 6) is 1.23. The minimum atomic E-state index is 0.261. The Bertz CT molecular complexity index is 633. The number of aryl methyl sites for hydroxylation is 2. The summed E-state index contributed by atoms with van der Waals surface area (Å²) in [5, 5.41) is 8.45. The summed E-state index contributed by atoms with van der Waals surface area (Å²) in [6.45, 7) is 8.89. The third-order valence-corrected chi connectivity index (χ3v) is 4.02. The molecule has 1 aliphatic heterocycles. The number of hydrogen-bond acceptors (Lipinski definition) is 6. The molecule has 7 nitrogen and oxygen atoms in total. The number of aromatic nitrogens is 4. The summed E-state index contributed by atoms with van der Waals surface area (Å²) in [4.78, 5) is 6.56. The van der Waals surface area contributed by atoms with E-state index in [1.807, 2.05) is 18.5 Å². The van der Waals surface area contributed by atoms with Gasteiger partial charge in [-0.3, -0.25) is 9.58 Å². The van der Waals surface area contributed by atoms with E-state index in [-0.39, 0.29) is 6.04 Å². The molecule has 0 spiro atoms. The van der Waals surface area contributed by atoms with Crippen LogP contribution in [0.4, 0.5) is 0 Å². The first-order valence-electron chi connectivity index (χ1n) is 7.17. The van der Waals surface area contributed by atoms with Gasteiger partial charge in [-0.05, 0) is 27.8 Å². The van der Waals surface area contributed by atoms with Crippen molar-refractivity contribution in [2.24, 2.45) is 0 Å². The summed E-state index contributed by atoms with van der Waals surface area (Å²) in [6, 6.07) is 0.261. The maximum absolute atomic E-state index is 5.63. The SMILES string of the molecule is Cc1noc(Cn2nc(C)c(C3COCCN3C)c2C)n1. The fraction of sp³-hybridized carbons (Fsp3) is 0.643. The molecule has 3 rings (SSSR count). The van der Waals surface area contributed by atoms with Crippen molar-refractivity contribution >= 4 is 0 Å². The second kappa shape index (κ2) is 5.57. The van der Waals surface area contributed by atoms with Crippen LogP contribution in [-0.4, -0.2) is 51.6 Å². The van der Waals surface area contributed by atoms with Gasteiger partial charge in [-0.2, -0.15) is 10.1 Å². The van der Waals surface area contributed by atoms with Gasteiger partial charge in [-0.25, -0.2) is 0 Å². The molecule has 0 N–H and O–H groups in total. The van der Waals surface area contributed by atoms with Crippen molar-refractivity contribution in [3.63, 3.8) is 0 Å². The molecule has 1 fully saturated rings. The van der Waals surface area contributed by atoms with Crippen molar-refractivity contribution in [2.75, 3.05) is 26.8 Å². The van der Waals surface area contributed by atoms with Crippen LogP contribution in [0.1, 0.15) is 34.7 Å². The van der Waals surface area contributed by atoms with Crippen LogP contribution in [0.5, 0.6) is 0 Å². The molecule has 1 atom stereocenters. The van der Waals surface area contributed by atoms with E-state index in [2.05, 4.69) is 34.1 Å². The highest BCUT2D eigenvalue weighted by Gasteiger charge is 2.27. The lowest BCUT2D eigenvalue weighted by atomic mass is 10.0. The van der Waals surface area contributed by atoms with Crippen LogP contribution >= 0.6 is 0 Å². The van der Waals surface area contributed by atoms with Crippen LogP contribution in [0.2, 0.25) is 0 Å². The summed E-state index contributed by atoms with van der Waals surface area (Å²) < 4.78 is 12.7. The van der Waals surface area contributed by atoms with Crippen molar-refractivity contribution in [3.05, 3.63) is 28.7 Å². The highest BCUT2D eigenvalue weighted by molar-refractivity contribution is 5.29. The van der Waals surface area contributed by atoms with E-state index in [0.717, 1.165) is 24.5 Å². The molecule has 114 valence electrons. The molecule has 0 bridgehead atoms. The van der Waals surface area contributed by atoms with E-state index in [0.29, 0.717) is 24.9 Å². The van der Waals surface area contributed by atoms with E-state index in [1.54, 1.807) is 0 Å². The van der Waals surface area contributed by atoms with Gasteiger partial charge in [0.1, 0.15) is 6.54 Å². The van der Waals surface area contributed by atoms with Crippen LogP contribution in [0.25, 0.3) is 0 Å². The normalized spacial score (nSPS) is 20.1. The molecule has 2 aromatic heterocycles. The van der Waals surface area contributed by atoms with Crippen LogP contribution in [0.15, 0.2) is 4.52 Å². The van der Waals surface area contributed by atoms with E-state index < -0.39 is 0 Å². The summed E-state index contributed by atoms with van der Waals surface area (Å²) in [5.41, 5.74) is 3.41. The molecule has 0 amide bonds. The number of likely N-dealkylation sites (N-methyl/N-ethyl adjacent to an activating group) is 1. The number of hydrogen-bond donors (Lipinski definition) is 0. The topological polar surface area (TPSA) is 69.2 Å². The Hall–Kier alpha value is -1.73. The van der Waals surface area contributed by atoms with E-state index in [1.165, 1.54) is 5.56 Å². The smallest absolute Gasteiger partial charge is 0.248 e. The number of morpholine rings is 1. The Morgan fingerprint density at radius 3 is 2.76 bits per heavy atom. The van der Waals surface area contributed by atoms with Crippen molar-refractivity contribution in [1.29, 1.82) is 0 Å². The second-order valence-electron chi connectivity index (χ2n) is 5.55. The minimum Gasteiger partial charge on any atom is -0.378 e. The number of rotatable bonds is 3. The van der Waals surface area contributed by atoms with E-state index in [4.69, 9.17) is 9.26 Å². The number of ether oxygens (including phenoxy) is 1. The Balaban J connectivity index is 1.88. The zero-order valence-corrected chi connectivity index (χ0v) is 13.0. The maximum atomic E-state index is 5.63. The lowest BCUT2D eigenvalue weighted by Gasteiger charge is -2.32. The molecule has 0 aliphatic carbocycles. The summed E-state index contributed by atoms with van der Waals surface area (Å²) in [7, 11) is 2.13. The Kier molecular flexibility index (Phi) is 3.77. The Morgan fingerprint density at radius 2 is 2.10 bits per heavy atom. The molecule has 0 aromatic carbocycles. The summed E-state index contributed by atoms with van der Waals surface area (Å²) >= 11 is 0. The molecular formula is C14H21N5O2. The van der Waals surface area contributed by atoms with Crippen molar-refractivity contribution in [1.82, 2.24) is 24.8 Å². The number of nitrogens with zero attached hydrogens (tertiary/aromatic N) is 5. The standard InChI is InChI=1S/C14H21N5O2/c1-9-14(12-8-20-6-5-18(12)4)10(2)19(16-9)7-13-15-11(3)17-21-13/h12H,5-8H2,1-4H3.